The number of carbonyl (C=O) groups excluding carboxylic acids is 1. The summed E-state index contributed by atoms with van der Waals surface area (Å²) in [6.45, 7) is 5.27. The van der Waals surface area contributed by atoms with Gasteiger partial charge in [-0.3, -0.25) is 14.7 Å². The van der Waals surface area contributed by atoms with Crippen molar-refractivity contribution < 1.29 is 14.7 Å². The van der Waals surface area contributed by atoms with E-state index in [2.05, 4.69) is 21.0 Å². The number of nitrogens with two attached hydrogens (primary N) is 1. The molecule has 3 N–H and O–H groups in total. The number of thiazole rings is 2. The van der Waals surface area contributed by atoms with Gasteiger partial charge < -0.3 is 15.7 Å². The summed E-state index contributed by atoms with van der Waals surface area (Å²) in [6, 6.07) is 3.49. The quantitative estimate of drug-likeness (QED) is 0.377. The standard InChI is InChI=1S/C24H25N7O3S2/c1-3-31(21(25)34)23-29-17-9-14(8-16(19(17)36-23)18-12-26-13-35-18)15-10-27-22(28-11-15)30-6-4-24(2,5-7-30)20(32)33/h8-13H,3-7H2,1-2H3,(H2,25,34)(H,32,33). The zero-order valence-corrected chi connectivity index (χ0v) is 21.5. The van der Waals surface area contributed by atoms with Crippen LogP contribution in [0.5, 0.6) is 0 Å². The van der Waals surface area contributed by atoms with Gasteiger partial charge in [0.05, 0.1) is 26.0 Å². The summed E-state index contributed by atoms with van der Waals surface area (Å²) >= 11 is 2.95. The number of hydrogen-bond acceptors (Lipinski definition) is 9. The number of hydrogen-bond donors (Lipinski definition) is 2. The Balaban J connectivity index is 1.48. The van der Waals surface area contributed by atoms with Crippen molar-refractivity contribution in [3.63, 3.8) is 0 Å². The summed E-state index contributed by atoms with van der Waals surface area (Å²) in [5.74, 6) is -0.167. The molecule has 3 aromatic heterocycles. The van der Waals surface area contributed by atoms with Crippen molar-refractivity contribution in [1.82, 2.24) is 19.9 Å². The number of aliphatic carboxylic acids is 1. The molecule has 2 amide bonds. The Kier molecular flexibility index (Phi) is 6.31. The highest BCUT2D eigenvalue weighted by Gasteiger charge is 2.37. The number of primary amides is 1. The minimum absolute atomic E-state index is 0.426. The zero-order valence-electron chi connectivity index (χ0n) is 19.8. The molecule has 1 aromatic carbocycles. The van der Waals surface area contributed by atoms with Crippen molar-refractivity contribution in [3.8, 4) is 21.6 Å². The van der Waals surface area contributed by atoms with Crippen molar-refractivity contribution in [2.75, 3.05) is 29.4 Å². The molecule has 5 rings (SSSR count). The Hall–Kier alpha value is -3.64. The van der Waals surface area contributed by atoms with E-state index in [0.717, 1.165) is 31.8 Å². The molecule has 4 aromatic rings. The molecule has 1 saturated heterocycles. The molecule has 1 aliphatic heterocycles. The molecule has 1 aliphatic rings. The molecular weight excluding hydrogens is 498 g/mol. The molecule has 186 valence electrons. The second-order valence-electron chi connectivity index (χ2n) is 8.94. The first-order chi connectivity index (χ1) is 17.3. The van der Waals surface area contributed by atoms with Crippen molar-refractivity contribution >= 4 is 56.0 Å². The maximum Gasteiger partial charge on any atom is 0.321 e. The third kappa shape index (κ3) is 4.37. The molecule has 0 spiro atoms. The smallest absolute Gasteiger partial charge is 0.321 e. The van der Waals surface area contributed by atoms with Gasteiger partial charge in [-0.2, -0.15) is 0 Å². The van der Waals surface area contributed by atoms with Crippen molar-refractivity contribution in [3.05, 3.63) is 36.2 Å². The Morgan fingerprint density at radius 3 is 2.47 bits per heavy atom. The van der Waals surface area contributed by atoms with Crippen molar-refractivity contribution in [1.29, 1.82) is 0 Å². The third-order valence-corrected chi connectivity index (χ3v) is 8.56. The fraction of sp³-hybridized carbons (Fsp3) is 0.333. The molecule has 10 nitrogen and oxygen atoms in total. The largest absolute Gasteiger partial charge is 0.481 e. The predicted molar refractivity (Wildman–Crippen MR) is 142 cm³/mol. The van der Waals surface area contributed by atoms with Crippen molar-refractivity contribution in [2.45, 2.75) is 26.7 Å². The lowest BCUT2D eigenvalue weighted by Crippen LogP contribution is -2.43. The maximum absolute atomic E-state index is 11.9. The molecule has 0 bridgehead atoms. The number of carboxylic acids is 1. The van der Waals surface area contributed by atoms with E-state index >= 15 is 0 Å². The second-order valence-corrected chi connectivity index (χ2v) is 10.8. The first-order valence-corrected chi connectivity index (χ1v) is 13.2. The van der Waals surface area contributed by atoms with Gasteiger partial charge >= 0.3 is 12.0 Å². The van der Waals surface area contributed by atoms with Gasteiger partial charge in [0.2, 0.25) is 5.95 Å². The van der Waals surface area contributed by atoms with E-state index in [-0.39, 0.29) is 0 Å². The van der Waals surface area contributed by atoms with Gasteiger partial charge in [-0.25, -0.2) is 19.7 Å². The SMILES string of the molecule is CCN(C(N)=O)c1nc2cc(-c3cnc(N4CCC(C)(C(=O)O)CC4)nc3)cc(-c3cncs3)c2s1. The fourth-order valence-corrected chi connectivity index (χ4v) is 6.12. The minimum Gasteiger partial charge on any atom is -0.481 e. The third-order valence-electron chi connectivity index (χ3n) is 6.63. The van der Waals surface area contributed by atoms with E-state index in [9.17, 15) is 14.7 Å². The summed E-state index contributed by atoms with van der Waals surface area (Å²) in [6.07, 6.45) is 6.47. The lowest BCUT2D eigenvalue weighted by atomic mass is 9.80. The molecule has 12 heteroatoms. The van der Waals surface area contributed by atoms with Crippen LogP contribution in [0.1, 0.15) is 26.7 Å². The Morgan fingerprint density at radius 1 is 1.17 bits per heavy atom. The lowest BCUT2D eigenvalue weighted by Gasteiger charge is -2.36. The highest BCUT2D eigenvalue weighted by Crippen LogP contribution is 2.41. The van der Waals surface area contributed by atoms with Crippen LogP contribution in [0.25, 0.3) is 31.8 Å². The van der Waals surface area contributed by atoms with E-state index < -0.39 is 17.4 Å². The number of carbonyl (C=O) groups is 2. The molecule has 0 unspecified atom stereocenters. The van der Waals surface area contributed by atoms with Gasteiger partial charge in [-0.15, -0.1) is 11.3 Å². The normalized spacial score (nSPS) is 15.2. The van der Waals surface area contributed by atoms with Gasteiger partial charge in [-0.1, -0.05) is 11.3 Å². The molecule has 0 saturated carbocycles. The molecule has 36 heavy (non-hydrogen) atoms. The van der Waals surface area contributed by atoms with Crippen LogP contribution in [0.3, 0.4) is 0 Å². The van der Waals surface area contributed by atoms with Gasteiger partial charge in [0.1, 0.15) is 0 Å². The van der Waals surface area contributed by atoms with Crippen LogP contribution in [-0.2, 0) is 4.79 Å². The number of nitrogens with zero attached hydrogens (tertiary/aromatic N) is 6. The average molecular weight is 524 g/mol. The summed E-state index contributed by atoms with van der Waals surface area (Å²) in [4.78, 5) is 46.0. The second kappa shape index (κ2) is 9.43. The molecule has 0 aliphatic carbocycles. The van der Waals surface area contributed by atoms with Gasteiger partial charge in [0.25, 0.3) is 0 Å². The molecular formula is C24H25N7O3S2. The van der Waals surface area contributed by atoms with Crippen LogP contribution < -0.4 is 15.5 Å². The fourth-order valence-electron chi connectivity index (χ4n) is 4.27. The van der Waals surface area contributed by atoms with Crippen molar-refractivity contribution in [2.24, 2.45) is 11.1 Å². The van der Waals surface area contributed by atoms with Crippen LogP contribution in [0.2, 0.25) is 0 Å². The molecule has 0 atom stereocenters. The Morgan fingerprint density at radius 2 is 1.89 bits per heavy atom. The van der Waals surface area contributed by atoms with Gasteiger partial charge in [-0.05, 0) is 44.4 Å². The van der Waals surface area contributed by atoms with E-state index in [1.807, 2.05) is 24.1 Å². The van der Waals surface area contributed by atoms with E-state index in [1.54, 1.807) is 24.8 Å². The van der Waals surface area contributed by atoms with Crippen LogP contribution in [0, 0.1) is 5.41 Å². The summed E-state index contributed by atoms with van der Waals surface area (Å²) in [5, 5.41) is 10.0. The number of aromatic nitrogens is 4. The molecule has 0 radical (unpaired) electrons. The van der Waals surface area contributed by atoms with Crippen LogP contribution >= 0.6 is 22.7 Å². The molecule has 4 heterocycles. The number of anilines is 2. The monoisotopic (exact) mass is 523 g/mol. The number of fused-ring (bicyclic) bond motifs is 1. The summed E-state index contributed by atoms with van der Waals surface area (Å²) in [5.41, 5.74) is 10.1. The highest BCUT2D eigenvalue weighted by molar-refractivity contribution is 7.23. The average Bonchev–Trinajstić information content (AvgIpc) is 3.54. The van der Waals surface area contributed by atoms with Gasteiger partial charge in [0.15, 0.2) is 5.13 Å². The lowest BCUT2D eigenvalue weighted by molar-refractivity contribution is -0.149. The van der Waals surface area contributed by atoms with Crippen LogP contribution in [0.15, 0.2) is 36.2 Å². The number of piperidine rings is 1. The number of urea groups is 1. The number of amides is 2. The van der Waals surface area contributed by atoms with Crippen LogP contribution in [-0.4, -0.2) is 56.7 Å². The van der Waals surface area contributed by atoms with Crippen LogP contribution in [0.4, 0.5) is 15.9 Å². The maximum atomic E-state index is 11.9. The van der Waals surface area contributed by atoms with E-state index in [0.29, 0.717) is 43.6 Å². The van der Waals surface area contributed by atoms with E-state index in [4.69, 9.17) is 10.7 Å². The zero-order chi connectivity index (χ0) is 25.4. The highest BCUT2D eigenvalue weighted by atomic mass is 32.1. The minimum atomic E-state index is -0.756. The number of carboxylic acid groups (broad SMARTS) is 1. The predicted octanol–water partition coefficient (Wildman–Crippen LogP) is 4.47. The Labute approximate surface area is 215 Å². The topological polar surface area (TPSA) is 138 Å². The summed E-state index contributed by atoms with van der Waals surface area (Å²) in [7, 11) is 0. The first kappa shape index (κ1) is 24.1. The first-order valence-electron chi connectivity index (χ1n) is 11.5. The number of benzene rings is 1. The number of rotatable bonds is 6. The van der Waals surface area contributed by atoms with E-state index in [1.165, 1.54) is 27.6 Å². The molecule has 1 fully saturated rings. The summed E-state index contributed by atoms with van der Waals surface area (Å²) < 4.78 is 0.949. The Bertz CT molecular complexity index is 1410. The van der Waals surface area contributed by atoms with Gasteiger partial charge in [0, 0.05) is 49.4 Å².